The van der Waals surface area contributed by atoms with Crippen LogP contribution >= 0.6 is 0 Å². The van der Waals surface area contributed by atoms with Gasteiger partial charge in [0.2, 0.25) is 0 Å². The van der Waals surface area contributed by atoms with Gasteiger partial charge in [-0.1, -0.05) is 133 Å². The second-order valence-corrected chi connectivity index (χ2v) is 13.8. The summed E-state index contributed by atoms with van der Waals surface area (Å²) in [6.07, 6.45) is 0. The van der Waals surface area contributed by atoms with Crippen molar-refractivity contribution in [1.29, 1.82) is 0 Å². The zero-order valence-electron chi connectivity index (χ0n) is 31.2. The van der Waals surface area contributed by atoms with Crippen molar-refractivity contribution in [3.05, 3.63) is 194 Å². The first-order valence-corrected chi connectivity index (χ1v) is 18.9. The molecule has 0 aliphatic carbocycles. The van der Waals surface area contributed by atoms with E-state index in [2.05, 4.69) is 0 Å². The summed E-state index contributed by atoms with van der Waals surface area (Å²) in [4.78, 5) is 35.1. The van der Waals surface area contributed by atoms with E-state index in [1.165, 1.54) is 12.1 Å². The lowest BCUT2D eigenvalue weighted by molar-refractivity contribution is 0.582. The van der Waals surface area contributed by atoms with Crippen molar-refractivity contribution >= 4 is 11.0 Å². The van der Waals surface area contributed by atoms with Crippen LogP contribution in [0.3, 0.4) is 0 Å². The Kier molecular flexibility index (Phi) is 9.03. The summed E-state index contributed by atoms with van der Waals surface area (Å²) in [6, 6.07) is 55.6. The molecule has 0 saturated carbocycles. The fourth-order valence-corrected chi connectivity index (χ4v) is 7.04. The molecule has 3 heterocycles. The van der Waals surface area contributed by atoms with Crippen LogP contribution in [0.4, 0.5) is 8.78 Å². The molecule has 59 heavy (non-hydrogen) atoms. The van der Waals surface area contributed by atoms with Gasteiger partial charge in [-0.15, -0.1) is 0 Å². The smallest absolute Gasteiger partial charge is 0.164 e. The Morgan fingerprint density at radius 3 is 1.05 bits per heavy atom. The maximum absolute atomic E-state index is 14.9. The van der Waals surface area contributed by atoms with Gasteiger partial charge in [-0.25, -0.2) is 43.7 Å². The lowest BCUT2D eigenvalue weighted by atomic mass is 10.0. The molecule has 8 nitrogen and oxygen atoms in total. The maximum atomic E-state index is 14.9. The van der Waals surface area contributed by atoms with Crippen LogP contribution in [0, 0.1) is 11.6 Å². The molecule has 10 aromatic rings. The molecule has 0 bridgehead atoms. The van der Waals surface area contributed by atoms with E-state index in [9.17, 15) is 8.78 Å². The number of fused-ring (bicyclic) bond motifs is 1. The summed E-state index contributed by atoms with van der Waals surface area (Å²) >= 11 is 0. The van der Waals surface area contributed by atoms with Gasteiger partial charge in [0, 0.05) is 45.0 Å². The third-order valence-electron chi connectivity index (χ3n) is 9.77. The average molecular weight is 769 g/mol. The van der Waals surface area contributed by atoms with Gasteiger partial charge in [-0.2, -0.15) is 0 Å². The summed E-state index contributed by atoms with van der Waals surface area (Å²) in [7, 11) is 0. The van der Waals surface area contributed by atoms with E-state index in [4.69, 9.17) is 34.9 Å². The van der Waals surface area contributed by atoms with Gasteiger partial charge in [-0.3, -0.25) is 4.57 Å². The molecule has 0 N–H and O–H groups in total. The first-order valence-electron chi connectivity index (χ1n) is 18.9. The Labute approximate surface area is 337 Å². The van der Waals surface area contributed by atoms with Gasteiger partial charge < -0.3 is 0 Å². The zero-order valence-corrected chi connectivity index (χ0v) is 31.2. The minimum Gasteiger partial charge on any atom is -0.292 e. The summed E-state index contributed by atoms with van der Waals surface area (Å²) in [6.45, 7) is 0. The number of nitrogens with zero attached hydrogens (tertiary/aromatic N) is 8. The summed E-state index contributed by atoms with van der Waals surface area (Å²) < 4.78 is 31.6. The first-order chi connectivity index (χ1) is 29.0. The number of halogens is 2. The fourth-order valence-electron chi connectivity index (χ4n) is 7.04. The molecule has 0 unspecified atom stereocenters. The van der Waals surface area contributed by atoms with Crippen molar-refractivity contribution in [1.82, 2.24) is 39.5 Å². The van der Waals surface area contributed by atoms with Gasteiger partial charge in [0.05, 0.1) is 16.7 Å². The Balaban J connectivity index is 1.27. The molecule has 0 atom stereocenters. The van der Waals surface area contributed by atoms with E-state index >= 15 is 0 Å². The second-order valence-electron chi connectivity index (χ2n) is 13.8. The molecule has 0 amide bonds. The van der Waals surface area contributed by atoms with Crippen LogP contribution in [0.25, 0.3) is 96.4 Å². The highest BCUT2D eigenvalue weighted by Crippen LogP contribution is 2.36. The maximum Gasteiger partial charge on any atom is 0.164 e. The van der Waals surface area contributed by atoms with Crippen molar-refractivity contribution in [2.45, 2.75) is 0 Å². The van der Waals surface area contributed by atoms with Crippen LogP contribution in [0.5, 0.6) is 0 Å². The quantitative estimate of drug-likeness (QED) is 0.152. The lowest BCUT2D eigenvalue weighted by Crippen LogP contribution is -2.03. The minimum absolute atomic E-state index is 0.272. The van der Waals surface area contributed by atoms with Crippen LogP contribution < -0.4 is 0 Å². The van der Waals surface area contributed by atoms with E-state index in [-0.39, 0.29) is 5.69 Å². The highest BCUT2D eigenvalue weighted by atomic mass is 19.1. The molecule has 0 fully saturated rings. The molecular formula is C49H30F2N8. The number of rotatable bonds is 8. The van der Waals surface area contributed by atoms with Crippen LogP contribution in [0.15, 0.2) is 182 Å². The highest BCUT2D eigenvalue weighted by Gasteiger charge is 2.21. The molecule has 280 valence electrons. The molecule has 3 aromatic heterocycles. The normalized spacial score (nSPS) is 11.2. The molecule has 0 aliphatic rings. The third kappa shape index (κ3) is 7.11. The first kappa shape index (κ1) is 35.3. The highest BCUT2D eigenvalue weighted by molar-refractivity contribution is 5.86. The van der Waals surface area contributed by atoms with Gasteiger partial charge in [0.25, 0.3) is 0 Å². The molecule has 0 spiro atoms. The van der Waals surface area contributed by atoms with E-state index in [0.717, 1.165) is 28.3 Å². The largest absolute Gasteiger partial charge is 0.292 e. The van der Waals surface area contributed by atoms with Crippen molar-refractivity contribution in [2.75, 3.05) is 0 Å². The third-order valence-corrected chi connectivity index (χ3v) is 9.77. The molecule has 0 saturated heterocycles. The Bertz CT molecular complexity index is 2840. The SMILES string of the molecule is Fc1cc(F)cc(-n2c(-c3cc(-c4nc(-c5ccccc5)nc(-c5ccccc5)n4)cc(-c4nc(-c5ccccc5)nc(-c5ccccc5)n4)c3)nc3ccccc32)c1. The molecular weight excluding hydrogens is 739 g/mol. The Hall–Kier alpha value is -8.11. The number of para-hydroxylation sites is 2. The summed E-state index contributed by atoms with van der Waals surface area (Å²) in [5.74, 6) is 1.74. The minimum atomic E-state index is -0.711. The van der Waals surface area contributed by atoms with E-state index in [1.807, 2.05) is 164 Å². The van der Waals surface area contributed by atoms with Crippen LogP contribution in [0.2, 0.25) is 0 Å². The van der Waals surface area contributed by atoms with Crippen LogP contribution in [-0.2, 0) is 0 Å². The van der Waals surface area contributed by atoms with Crippen molar-refractivity contribution in [3.63, 3.8) is 0 Å². The lowest BCUT2D eigenvalue weighted by Gasteiger charge is -2.14. The Morgan fingerprint density at radius 2 is 0.644 bits per heavy atom. The molecule has 10 rings (SSSR count). The topological polar surface area (TPSA) is 95.2 Å². The predicted molar refractivity (Wildman–Crippen MR) is 226 cm³/mol. The van der Waals surface area contributed by atoms with Crippen molar-refractivity contribution in [3.8, 4) is 85.4 Å². The molecule has 0 aliphatic heterocycles. The molecule has 10 heteroatoms. The van der Waals surface area contributed by atoms with Crippen LogP contribution in [-0.4, -0.2) is 39.5 Å². The number of aromatic nitrogens is 8. The Morgan fingerprint density at radius 1 is 0.305 bits per heavy atom. The number of hydrogen-bond acceptors (Lipinski definition) is 7. The van der Waals surface area contributed by atoms with Gasteiger partial charge >= 0.3 is 0 Å². The summed E-state index contributed by atoms with van der Waals surface area (Å²) in [5, 5.41) is 0. The predicted octanol–water partition coefficient (Wildman–Crippen LogP) is 11.3. The molecule has 0 radical (unpaired) electrons. The van der Waals surface area contributed by atoms with Crippen molar-refractivity contribution in [2.24, 2.45) is 0 Å². The van der Waals surface area contributed by atoms with E-state index < -0.39 is 11.6 Å². The zero-order chi connectivity index (χ0) is 39.7. The average Bonchev–Trinajstić information content (AvgIpc) is 3.69. The van der Waals surface area contributed by atoms with Gasteiger partial charge in [0.1, 0.15) is 17.5 Å². The van der Waals surface area contributed by atoms with Crippen LogP contribution in [0.1, 0.15) is 0 Å². The standard InChI is InChI=1S/C49H30F2N8/c50-38-28-39(51)30-40(29-38)59-42-24-14-13-23-41(42)52-49(59)37-26-35(47-55-43(31-15-5-1-6-16-31)53-44(56-47)32-17-7-2-8-18-32)25-36(27-37)48-57-45(33-19-9-3-10-20-33)54-46(58-48)34-21-11-4-12-22-34/h1-30H. The monoisotopic (exact) mass is 768 g/mol. The fraction of sp³-hybridized carbons (Fsp3) is 0. The molecule has 7 aromatic carbocycles. The number of benzene rings is 7. The number of imidazole rings is 1. The summed E-state index contributed by atoms with van der Waals surface area (Å²) in [5.41, 5.74) is 6.66. The van der Waals surface area contributed by atoms with Gasteiger partial charge in [0.15, 0.2) is 34.9 Å². The van der Waals surface area contributed by atoms with E-state index in [1.54, 1.807) is 4.57 Å². The van der Waals surface area contributed by atoms with Crippen molar-refractivity contribution < 1.29 is 8.78 Å². The second kappa shape index (κ2) is 15.1. The van der Waals surface area contributed by atoms with Gasteiger partial charge in [-0.05, 0) is 42.5 Å². The van der Waals surface area contributed by atoms with E-state index in [0.29, 0.717) is 68.5 Å². The number of hydrogen-bond donors (Lipinski definition) is 0.